The maximum atomic E-state index is 6.02. The Kier molecular flexibility index (Phi) is 3.15. The summed E-state index contributed by atoms with van der Waals surface area (Å²) in [4.78, 5) is 2.42. The third-order valence-electron chi connectivity index (χ3n) is 3.73. The number of halogens is 1. The van der Waals surface area contributed by atoms with Gasteiger partial charge in [0.05, 0.1) is 11.6 Å². The SMILES string of the molecule is Cc1nn(C)c(N2CC(C)C(C)C2)c1CCl. The molecule has 2 rings (SSSR count). The summed E-state index contributed by atoms with van der Waals surface area (Å²) >= 11 is 6.02. The van der Waals surface area contributed by atoms with Gasteiger partial charge >= 0.3 is 0 Å². The number of alkyl halides is 1. The van der Waals surface area contributed by atoms with Gasteiger partial charge in [0.15, 0.2) is 0 Å². The average molecular weight is 242 g/mol. The molecule has 1 aromatic rings. The van der Waals surface area contributed by atoms with Crippen LogP contribution >= 0.6 is 11.6 Å². The Balaban J connectivity index is 2.33. The Morgan fingerprint density at radius 3 is 2.38 bits per heavy atom. The van der Waals surface area contributed by atoms with Crippen LogP contribution in [0.4, 0.5) is 5.82 Å². The molecule has 0 amide bonds. The molecule has 0 saturated carbocycles. The molecule has 0 N–H and O–H groups in total. The number of aromatic nitrogens is 2. The second-order valence-electron chi connectivity index (χ2n) is 5.00. The predicted molar refractivity (Wildman–Crippen MR) is 68.0 cm³/mol. The molecule has 0 spiro atoms. The molecule has 16 heavy (non-hydrogen) atoms. The summed E-state index contributed by atoms with van der Waals surface area (Å²) < 4.78 is 1.97. The maximum absolute atomic E-state index is 6.02. The summed E-state index contributed by atoms with van der Waals surface area (Å²) in [5, 5.41) is 4.47. The van der Waals surface area contributed by atoms with Gasteiger partial charge in [-0.15, -0.1) is 11.6 Å². The molecule has 2 unspecified atom stereocenters. The number of nitrogens with zero attached hydrogens (tertiary/aromatic N) is 3. The minimum atomic E-state index is 0.550. The van der Waals surface area contributed by atoms with Gasteiger partial charge in [-0.25, -0.2) is 0 Å². The van der Waals surface area contributed by atoms with Crippen molar-refractivity contribution in [1.82, 2.24) is 9.78 Å². The molecule has 1 aromatic heterocycles. The monoisotopic (exact) mass is 241 g/mol. The Hall–Kier alpha value is -0.700. The van der Waals surface area contributed by atoms with Crippen molar-refractivity contribution in [3.05, 3.63) is 11.3 Å². The van der Waals surface area contributed by atoms with Crippen molar-refractivity contribution in [2.75, 3.05) is 18.0 Å². The predicted octanol–water partition coefficient (Wildman–Crippen LogP) is 2.56. The van der Waals surface area contributed by atoms with Crippen LogP contribution in [-0.2, 0) is 12.9 Å². The molecule has 1 aliphatic heterocycles. The minimum absolute atomic E-state index is 0.550. The van der Waals surface area contributed by atoms with Crippen LogP contribution in [0.5, 0.6) is 0 Å². The van der Waals surface area contributed by atoms with Crippen molar-refractivity contribution in [2.24, 2.45) is 18.9 Å². The molecule has 2 atom stereocenters. The van der Waals surface area contributed by atoms with E-state index in [0.717, 1.165) is 30.6 Å². The molecular weight excluding hydrogens is 222 g/mol. The van der Waals surface area contributed by atoms with Crippen molar-refractivity contribution in [2.45, 2.75) is 26.7 Å². The molecule has 1 fully saturated rings. The molecule has 0 radical (unpaired) electrons. The van der Waals surface area contributed by atoms with Gasteiger partial charge in [-0.05, 0) is 18.8 Å². The van der Waals surface area contributed by atoms with Crippen molar-refractivity contribution in [3.8, 4) is 0 Å². The number of aryl methyl sites for hydroxylation is 2. The van der Waals surface area contributed by atoms with Gasteiger partial charge in [0.1, 0.15) is 5.82 Å². The molecule has 4 heteroatoms. The zero-order valence-electron chi connectivity index (χ0n) is 10.5. The summed E-state index contributed by atoms with van der Waals surface area (Å²) in [6.45, 7) is 8.89. The first-order valence-corrected chi connectivity index (χ1v) is 6.41. The molecule has 2 heterocycles. The molecule has 3 nitrogen and oxygen atoms in total. The van der Waals surface area contributed by atoms with Crippen molar-refractivity contribution in [3.63, 3.8) is 0 Å². The highest BCUT2D eigenvalue weighted by atomic mass is 35.5. The van der Waals surface area contributed by atoms with Crippen LogP contribution in [0.3, 0.4) is 0 Å². The lowest BCUT2D eigenvalue weighted by molar-refractivity contribution is 0.494. The molecule has 0 aliphatic carbocycles. The summed E-state index contributed by atoms with van der Waals surface area (Å²) in [6.07, 6.45) is 0. The first-order chi connectivity index (χ1) is 7.54. The quantitative estimate of drug-likeness (QED) is 0.742. The van der Waals surface area contributed by atoms with E-state index in [1.807, 2.05) is 18.7 Å². The number of anilines is 1. The summed E-state index contributed by atoms with van der Waals surface area (Å²) in [7, 11) is 2.01. The Morgan fingerprint density at radius 1 is 1.31 bits per heavy atom. The van der Waals surface area contributed by atoms with Crippen LogP contribution in [0.1, 0.15) is 25.1 Å². The van der Waals surface area contributed by atoms with Gasteiger partial charge in [-0.1, -0.05) is 13.8 Å². The maximum Gasteiger partial charge on any atom is 0.131 e. The first kappa shape index (κ1) is 11.8. The zero-order valence-corrected chi connectivity index (χ0v) is 11.3. The van der Waals surface area contributed by atoms with E-state index in [1.165, 1.54) is 11.4 Å². The molecule has 90 valence electrons. The zero-order chi connectivity index (χ0) is 11.9. The highest BCUT2D eigenvalue weighted by molar-refractivity contribution is 6.17. The van der Waals surface area contributed by atoms with E-state index in [4.69, 9.17) is 11.6 Å². The van der Waals surface area contributed by atoms with Crippen LogP contribution in [0, 0.1) is 18.8 Å². The first-order valence-electron chi connectivity index (χ1n) is 5.88. The third-order valence-corrected chi connectivity index (χ3v) is 4.00. The van der Waals surface area contributed by atoms with Gasteiger partial charge in [-0.2, -0.15) is 5.10 Å². The lowest BCUT2D eigenvalue weighted by Gasteiger charge is -2.19. The number of hydrogen-bond donors (Lipinski definition) is 0. The Labute approximate surface area is 102 Å². The molecule has 1 aliphatic rings. The van der Waals surface area contributed by atoms with Crippen LogP contribution < -0.4 is 4.90 Å². The van der Waals surface area contributed by atoms with Crippen molar-refractivity contribution in [1.29, 1.82) is 0 Å². The highest BCUT2D eigenvalue weighted by Gasteiger charge is 2.29. The summed E-state index contributed by atoms with van der Waals surface area (Å²) in [5.74, 6) is 3.26. The summed E-state index contributed by atoms with van der Waals surface area (Å²) in [6, 6.07) is 0. The van der Waals surface area contributed by atoms with Gasteiger partial charge in [-0.3, -0.25) is 4.68 Å². The lowest BCUT2D eigenvalue weighted by Crippen LogP contribution is -2.23. The van der Waals surface area contributed by atoms with Crippen LogP contribution in [0.2, 0.25) is 0 Å². The molecule has 0 bridgehead atoms. The fourth-order valence-electron chi connectivity index (χ4n) is 2.54. The summed E-state index contributed by atoms with van der Waals surface area (Å²) in [5.41, 5.74) is 2.24. The Bertz CT molecular complexity index is 376. The largest absolute Gasteiger partial charge is 0.356 e. The molecular formula is C12H20ClN3. The van der Waals surface area contributed by atoms with E-state index in [9.17, 15) is 0 Å². The normalized spacial score (nSPS) is 25.4. The minimum Gasteiger partial charge on any atom is -0.356 e. The van der Waals surface area contributed by atoms with Crippen molar-refractivity contribution < 1.29 is 0 Å². The molecule has 1 saturated heterocycles. The van der Waals surface area contributed by atoms with E-state index >= 15 is 0 Å². The second kappa shape index (κ2) is 4.28. The fraction of sp³-hybridized carbons (Fsp3) is 0.750. The van der Waals surface area contributed by atoms with Crippen LogP contribution in [0.15, 0.2) is 0 Å². The lowest BCUT2D eigenvalue weighted by atomic mass is 10.0. The average Bonchev–Trinajstić information content (AvgIpc) is 2.67. The topological polar surface area (TPSA) is 21.1 Å². The highest BCUT2D eigenvalue weighted by Crippen LogP contribution is 2.31. The fourth-order valence-corrected chi connectivity index (χ4v) is 2.86. The van der Waals surface area contributed by atoms with E-state index in [0.29, 0.717) is 5.88 Å². The van der Waals surface area contributed by atoms with Gasteiger partial charge in [0.2, 0.25) is 0 Å². The van der Waals surface area contributed by atoms with Crippen LogP contribution in [-0.4, -0.2) is 22.9 Å². The van der Waals surface area contributed by atoms with Crippen LogP contribution in [0.25, 0.3) is 0 Å². The van der Waals surface area contributed by atoms with E-state index in [-0.39, 0.29) is 0 Å². The third kappa shape index (κ3) is 1.81. The Morgan fingerprint density at radius 2 is 1.88 bits per heavy atom. The van der Waals surface area contributed by atoms with E-state index in [2.05, 4.69) is 23.8 Å². The van der Waals surface area contributed by atoms with Gasteiger partial charge in [0, 0.05) is 25.7 Å². The van der Waals surface area contributed by atoms with E-state index < -0.39 is 0 Å². The smallest absolute Gasteiger partial charge is 0.131 e. The second-order valence-corrected chi connectivity index (χ2v) is 5.27. The molecule has 0 aromatic carbocycles. The van der Waals surface area contributed by atoms with E-state index in [1.54, 1.807) is 0 Å². The number of hydrogen-bond acceptors (Lipinski definition) is 2. The number of rotatable bonds is 2. The van der Waals surface area contributed by atoms with Crippen molar-refractivity contribution >= 4 is 17.4 Å². The van der Waals surface area contributed by atoms with Gasteiger partial charge < -0.3 is 4.90 Å². The standard InChI is InChI=1S/C12H20ClN3/c1-8-6-16(7-9(8)2)12-11(5-13)10(3)14-15(12)4/h8-9H,5-7H2,1-4H3. The van der Waals surface area contributed by atoms with Gasteiger partial charge in [0.25, 0.3) is 0 Å².